The maximum atomic E-state index is 13.0. The molecule has 5 atom stereocenters. The number of nitrogens with zero attached hydrogens (tertiary/aromatic N) is 2. The van der Waals surface area contributed by atoms with E-state index in [9.17, 15) is 4.57 Å². The van der Waals surface area contributed by atoms with Crippen LogP contribution in [0.4, 0.5) is 0 Å². The predicted molar refractivity (Wildman–Crippen MR) is 72.0 cm³/mol. The first kappa shape index (κ1) is 12.5. The van der Waals surface area contributed by atoms with Gasteiger partial charge in [-0.05, 0) is 38.1 Å². The summed E-state index contributed by atoms with van der Waals surface area (Å²) in [7, 11) is -2.87. The van der Waals surface area contributed by atoms with Crippen molar-refractivity contribution in [1.82, 2.24) is 9.34 Å². The molecule has 0 aliphatic carbocycles. The Bertz CT molecular complexity index is 487. The minimum absolute atomic E-state index is 0.343. The first-order valence-electron chi connectivity index (χ1n) is 6.10. The summed E-state index contributed by atoms with van der Waals surface area (Å²) in [6.07, 6.45) is 0. The van der Waals surface area contributed by atoms with Gasteiger partial charge in [-0.2, -0.15) is 0 Å². The van der Waals surface area contributed by atoms with E-state index in [2.05, 4.69) is 13.8 Å². The van der Waals surface area contributed by atoms with Crippen molar-refractivity contribution in [2.45, 2.75) is 25.9 Å². The number of rotatable bonds is 4. The predicted octanol–water partition coefficient (Wildman–Crippen LogP) is 3.24. The van der Waals surface area contributed by atoms with Crippen LogP contribution >= 0.6 is 19.3 Å². The number of halogens is 1. The molecule has 0 radical (unpaired) electrons. The monoisotopic (exact) mass is 286 g/mol. The zero-order valence-electron chi connectivity index (χ0n) is 10.4. The first-order valence-corrected chi connectivity index (χ1v) is 8.01. The second-order valence-electron chi connectivity index (χ2n) is 4.98. The topological polar surface area (TPSA) is 32.3 Å². The SMILES string of the molecule is C[C@@H]1CN1P(=O)(Oc1ccc(Cl)cc1)N1C[C@@H]1C. The van der Waals surface area contributed by atoms with Crippen LogP contribution in [0.3, 0.4) is 0 Å². The zero-order chi connectivity index (χ0) is 12.9. The molecule has 0 spiro atoms. The molecule has 18 heavy (non-hydrogen) atoms. The van der Waals surface area contributed by atoms with Crippen molar-refractivity contribution in [2.24, 2.45) is 0 Å². The van der Waals surface area contributed by atoms with Crippen molar-refractivity contribution in [3.8, 4) is 5.75 Å². The molecule has 2 aliphatic heterocycles. The summed E-state index contributed by atoms with van der Waals surface area (Å²) in [6.45, 7) is 5.81. The van der Waals surface area contributed by atoms with E-state index >= 15 is 0 Å². The van der Waals surface area contributed by atoms with E-state index < -0.39 is 7.67 Å². The highest BCUT2D eigenvalue weighted by atomic mass is 35.5. The molecule has 0 saturated carbocycles. The lowest BCUT2D eigenvalue weighted by Crippen LogP contribution is -2.13. The Hall–Kier alpha value is -0.540. The third-order valence-electron chi connectivity index (χ3n) is 3.34. The van der Waals surface area contributed by atoms with E-state index in [1.165, 1.54) is 0 Å². The summed E-state index contributed by atoms with van der Waals surface area (Å²) in [4.78, 5) is 0. The largest absolute Gasteiger partial charge is 0.422 e. The highest BCUT2D eigenvalue weighted by Crippen LogP contribution is 2.64. The highest BCUT2D eigenvalue weighted by Gasteiger charge is 2.57. The smallest absolute Gasteiger partial charge is 0.396 e. The molecule has 4 nitrogen and oxygen atoms in total. The van der Waals surface area contributed by atoms with Crippen molar-refractivity contribution in [3.05, 3.63) is 29.3 Å². The molecule has 2 aliphatic rings. The van der Waals surface area contributed by atoms with Gasteiger partial charge in [0.05, 0.1) is 0 Å². The van der Waals surface area contributed by atoms with Crippen LogP contribution in [0, 0.1) is 0 Å². The fourth-order valence-corrected chi connectivity index (χ4v) is 4.95. The molecule has 98 valence electrons. The van der Waals surface area contributed by atoms with Crippen LogP contribution in [0.5, 0.6) is 5.75 Å². The van der Waals surface area contributed by atoms with Crippen molar-refractivity contribution >= 4 is 19.3 Å². The molecule has 0 amide bonds. The Morgan fingerprint density at radius 3 is 2.00 bits per heavy atom. The standard InChI is InChI=1S/C12H16ClN2O2P/c1-9-7-14(9)18(16,15-8-10(15)2)17-12-5-3-11(13)4-6-12/h3-6,9-10H,7-8H2,1-2H3/t9-,10+,14?,15?,18?. The van der Waals surface area contributed by atoms with Gasteiger partial charge in [0.25, 0.3) is 0 Å². The van der Waals surface area contributed by atoms with E-state index in [0.29, 0.717) is 22.9 Å². The summed E-state index contributed by atoms with van der Waals surface area (Å²) in [5.74, 6) is 0.612. The summed E-state index contributed by atoms with van der Waals surface area (Å²) < 4.78 is 22.7. The Morgan fingerprint density at radius 1 is 1.17 bits per heavy atom. The van der Waals surface area contributed by atoms with E-state index in [1.54, 1.807) is 24.3 Å². The van der Waals surface area contributed by atoms with Gasteiger partial charge in [-0.1, -0.05) is 11.6 Å². The van der Waals surface area contributed by atoms with Gasteiger partial charge in [0.1, 0.15) is 5.75 Å². The number of hydrogen-bond donors (Lipinski definition) is 0. The quantitative estimate of drug-likeness (QED) is 0.628. The van der Waals surface area contributed by atoms with Crippen LogP contribution in [0.2, 0.25) is 5.02 Å². The third-order valence-corrected chi connectivity index (χ3v) is 6.45. The van der Waals surface area contributed by atoms with Gasteiger partial charge in [0.15, 0.2) is 0 Å². The van der Waals surface area contributed by atoms with Crippen molar-refractivity contribution in [1.29, 1.82) is 0 Å². The third kappa shape index (κ3) is 2.19. The Morgan fingerprint density at radius 2 is 1.61 bits per heavy atom. The molecule has 1 aromatic carbocycles. The average molecular weight is 287 g/mol. The molecule has 3 unspecified atom stereocenters. The summed E-state index contributed by atoms with van der Waals surface area (Å²) in [5, 5.41) is 0.650. The lowest BCUT2D eigenvalue weighted by molar-refractivity contribution is 0.400. The summed E-state index contributed by atoms with van der Waals surface area (Å²) in [5.41, 5.74) is 0. The van der Waals surface area contributed by atoms with Gasteiger partial charge in [-0.25, -0.2) is 13.9 Å². The summed E-state index contributed by atoms with van der Waals surface area (Å²) >= 11 is 5.83. The van der Waals surface area contributed by atoms with E-state index in [0.717, 1.165) is 13.1 Å². The zero-order valence-corrected chi connectivity index (χ0v) is 12.1. The molecule has 6 heteroatoms. The van der Waals surface area contributed by atoms with Gasteiger partial charge < -0.3 is 4.52 Å². The lowest BCUT2D eigenvalue weighted by atomic mass is 10.3. The summed E-state index contributed by atoms with van der Waals surface area (Å²) in [6, 6.07) is 7.71. The van der Waals surface area contributed by atoms with E-state index in [4.69, 9.17) is 16.1 Å². The normalized spacial score (nSPS) is 36.8. The van der Waals surface area contributed by atoms with Gasteiger partial charge in [0, 0.05) is 30.2 Å². The molecule has 2 fully saturated rings. The van der Waals surface area contributed by atoms with Gasteiger partial charge >= 0.3 is 7.67 Å². The average Bonchev–Trinajstić information content (AvgIpc) is 3.21. The number of hydrogen-bond acceptors (Lipinski definition) is 2. The van der Waals surface area contributed by atoms with Gasteiger partial charge in [-0.15, -0.1) is 0 Å². The molecule has 0 bridgehead atoms. The second kappa shape index (κ2) is 4.24. The minimum atomic E-state index is -2.87. The van der Waals surface area contributed by atoms with E-state index in [-0.39, 0.29) is 0 Å². The van der Waals surface area contributed by atoms with Crippen molar-refractivity contribution in [3.63, 3.8) is 0 Å². The van der Waals surface area contributed by atoms with Crippen molar-refractivity contribution in [2.75, 3.05) is 13.1 Å². The Labute approximate surface area is 112 Å². The molecular weight excluding hydrogens is 271 g/mol. The highest BCUT2D eigenvalue weighted by molar-refractivity contribution is 7.55. The maximum absolute atomic E-state index is 13.0. The fourth-order valence-electron chi connectivity index (χ4n) is 2.04. The van der Waals surface area contributed by atoms with Crippen LogP contribution in [0.1, 0.15) is 13.8 Å². The molecule has 2 saturated heterocycles. The van der Waals surface area contributed by atoms with Crippen LogP contribution in [0.15, 0.2) is 24.3 Å². The molecule has 2 heterocycles. The van der Waals surface area contributed by atoms with Crippen LogP contribution in [0.25, 0.3) is 0 Å². The van der Waals surface area contributed by atoms with Crippen molar-refractivity contribution < 1.29 is 9.09 Å². The fraction of sp³-hybridized carbons (Fsp3) is 0.500. The molecular formula is C12H16ClN2O2P. The molecule has 0 N–H and O–H groups in total. The van der Waals surface area contributed by atoms with Crippen LogP contribution < -0.4 is 4.52 Å². The Kier molecular flexibility index (Phi) is 2.94. The maximum Gasteiger partial charge on any atom is 0.396 e. The lowest BCUT2D eigenvalue weighted by Gasteiger charge is -2.21. The van der Waals surface area contributed by atoms with Gasteiger partial charge in [-0.3, -0.25) is 0 Å². The molecule has 3 rings (SSSR count). The minimum Gasteiger partial charge on any atom is -0.422 e. The van der Waals surface area contributed by atoms with Crippen LogP contribution in [-0.4, -0.2) is 34.5 Å². The first-order chi connectivity index (χ1) is 8.50. The second-order valence-corrected chi connectivity index (χ2v) is 7.61. The molecule has 1 aromatic rings. The van der Waals surface area contributed by atoms with E-state index in [1.807, 2.05) is 9.34 Å². The van der Waals surface area contributed by atoms with Gasteiger partial charge in [0.2, 0.25) is 0 Å². The van der Waals surface area contributed by atoms with Crippen LogP contribution in [-0.2, 0) is 4.57 Å². The molecule has 0 aromatic heterocycles. The Balaban J connectivity index is 1.82. The number of benzene rings is 1.